The fourth-order valence-electron chi connectivity index (χ4n) is 3.53. The molecule has 5 nitrogen and oxygen atoms in total. The van der Waals surface area contributed by atoms with Crippen molar-refractivity contribution in [3.63, 3.8) is 0 Å². The molecule has 28 heavy (non-hydrogen) atoms. The van der Waals surface area contributed by atoms with Crippen LogP contribution in [0.25, 0.3) is 10.9 Å². The first-order chi connectivity index (χ1) is 13.6. The fourth-order valence-corrected chi connectivity index (χ4v) is 3.53. The Hall–Kier alpha value is -3.08. The molecule has 1 aliphatic rings. The number of amides is 1. The Balaban J connectivity index is 1.64. The van der Waals surface area contributed by atoms with E-state index in [9.17, 15) is 4.79 Å². The molecular formula is C23H24N2O3. The molecule has 1 amide bonds. The average Bonchev–Trinajstić information content (AvgIpc) is 2.96. The highest BCUT2D eigenvalue weighted by atomic mass is 16.5. The maximum atomic E-state index is 13.1. The predicted octanol–water partition coefficient (Wildman–Crippen LogP) is 4.52. The lowest BCUT2D eigenvalue weighted by molar-refractivity contribution is 0.0927. The van der Waals surface area contributed by atoms with E-state index in [1.165, 1.54) is 0 Å². The molecule has 0 saturated carbocycles. The molecule has 3 aromatic rings. The van der Waals surface area contributed by atoms with Crippen molar-refractivity contribution in [3.8, 4) is 11.5 Å². The van der Waals surface area contributed by atoms with E-state index in [1.54, 1.807) is 6.20 Å². The van der Waals surface area contributed by atoms with Crippen molar-refractivity contribution in [2.24, 2.45) is 5.92 Å². The molecule has 0 bridgehead atoms. The number of nitrogens with one attached hydrogen (secondary N) is 1. The number of ether oxygens (including phenoxy) is 2. The minimum absolute atomic E-state index is 0.107. The van der Waals surface area contributed by atoms with Gasteiger partial charge in [-0.05, 0) is 41.8 Å². The van der Waals surface area contributed by atoms with Gasteiger partial charge in [-0.25, -0.2) is 0 Å². The van der Waals surface area contributed by atoms with Crippen LogP contribution in [0.4, 0.5) is 0 Å². The number of pyridine rings is 1. The number of carbonyl (C=O) groups excluding carboxylic acids is 1. The monoisotopic (exact) mass is 376 g/mol. The molecule has 1 atom stereocenters. The zero-order valence-electron chi connectivity index (χ0n) is 16.1. The van der Waals surface area contributed by atoms with E-state index in [0.717, 1.165) is 34.4 Å². The Bertz CT molecular complexity index is 995. The molecule has 0 saturated heterocycles. The van der Waals surface area contributed by atoms with Crippen molar-refractivity contribution in [3.05, 3.63) is 65.9 Å². The Kier molecular flexibility index (Phi) is 5.15. The van der Waals surface area contributed by atoms with Crippen LogP contribution >= 0.6 is 0 Å². The summed E-state index contributed by atoms with van der Waals surface area (Å²) >= 11 is 0. The first-order valence-corrected chi connectivity index (χ1v) is 9.67. The lowest BCUT2D eigenvalue weighted by Crippen LogP contribution is -2.32. The van der Waals surface area contributed by atoms with Gasteiger partial charge >= 0.3 is 0 Å². The molecule has 4 rings (SSSR count). The summed E-state index contributed by atoms with van der Waals surface area (Å²) in [6.07, 6.45) is 2.60. The topological polar surface area (TPSA) is 60.5 Å². The summed E-state index contributed by atoms with van der Waals surface area (Å²) in [4.78, 5) is 17.4. The lowest BCUT2D eigenvalue weighted by atomic mass is 9.95. The van der Waals surface area contributed by atoms with Crippen molar-refractivity contribution >= 4 is 16.8 Å². The summed E-state index contributed by atoms with van der Waals surface area (Å²) in [6, 6.07) is 15.2. The maximum absolute atomic E-state index is 13.1. The smallest absolute Gasteiger partial charge is 0.252 e. The van der Waals surface area contributed by atoms with Gasteiger partial charge in [0.1, 0.15) is 0 Å². The van der Waals surface area contributed by atoms with E-state index in [-0.39, 0.29) is 17.9 Å². The molecule has 1 unspecified atom stereocenters. The molecule has 144 valence electrons. The molecule has 0 spiro atoms. The van der Waals surface area contributed by atoms with Gasteiger partial charge in [0.2, 0.25) is 0 Å². The highest BCUT2D eigenvalue weighted by Crippen LogP contribution is 2.34. The van der Waals surface area contributed by atoms with Crippen LogP contribution in [-0.4, -0.2) is 24.1 Å². The molecule has 1 N–H and O–H groups in total. The van der Waals surface area contributed by atoms with Crippen LogP contribution in [0.1, 0.15) is 42.2 Å². The molecule has 2 aromatic carbocycles. The Morgan fingerprint density at radius 2 is 1.86 bits per heavy atom. The van der Waals surface area contributed by atoms with Crippen molar-refractivity contribution in [1.29, 1.82) is 0 Å². The van der Waals surface area contributed by atoms with E-state index in [4.69, 9.17) is 9.47 Å². The Morgan fingerprint density at radius 1 is 1.04 bits per heavy atom. The van der Waals surface area contributed by atoms with E-state index in [1.807, 2.05) is 48.5 Å². The van der Waals surface area contributed by atoms with Crippen molar-refractivity contribution in [2.45, 2.75) is 26.3 Å². The third-order valence-corrected chi connectivity index (χ3v) is 4.97. The number of nitrogens with zero attached hydrogens (tertiary/aromatic N) is 1. The Labute approximate surface area is 164 Å². The highest BCUT2D eigenvalue weighted by molar-refractivity contribution is 6.06. The van der Waals surface area contributed by atoms with Gasteiger partial charge in [-0.3, -0.25) is 9.78 Å². The van der Waals surface area contributed by atoms with Gasteiger partial charge in [0.15, 0.2) is 11.5 Å². The fraction of sp³-hybridized carbons (Fsp3) is 0.304. The SMILES string of the molecule is CC(C)C(NC(=O)c1cccc2ncccc12)c1ccc2c(c1)OCCCO2. The van der Waals surface area contributed by atoms with Crippen LogP contribution in [-0.2, 0) is 0 Å². The molecule has 0 aliphatic carbocycles. The minimum Gasteiger partial charge on any atom is -0.490 e. The molecule has 5 heteroatoms. The highest BCUT2D eigenvalue weighted by Gasteiger charge is 2.22. The van der Waals surface area contributed by atoms with Gasteiger partial charge in [0.25, 0.3) is 5.91 Å². The van der Waals surface area contributed by atoms with E-state index < -0.39 is 0 Å². The van der Waals surface area contributed by atoms with Gasteiger partial charge < -0.3 is 14.8 Å². The van der Waals surface area contributed by atoms with Crippen LogP contribution in [0, 0.1) is 5.92 Å². The normalized spacial score (nSPS) is 14.5. The second kappa shape index (κ2) is 7.89. The molecule has 0 fully saturated rings. The third-order valence-electron chi connectivity index (χ3n) is 4.97. The van der Waals surface area contributed by atoms with Crippen molar-refractivity contribution in [2.75, 3.05) is 13.2 Å². The van der Waals surface area contributed by atoms with E-state index >= 15 is 0 Å². The minimum atomic E-state index is -0.142. The Morgan fingerprint density at radius 3 is 2.68 bits per heavy atom. The summed E-state index contributed by atoms with van der Waals surface area (Å²) in [5, 5.41) is 4.05. The van der Waals surface area contributed by atoms with Crippen LogP contribution in [0.3, 0.4) is 0 Å². The predicted molar refractivity (Wildman–Crippen MR) is 109 cm³/mol. The maximum Gasteiger partial charge on any atom is 0.252 e. The molecular weight excluding hydrogens is 352 g/mol. The molecule has 1 aromatic heterocycles. The summed E-state index contributed by atoms with van der Waals surface area (Å²) in [5.74, 6) is 1.60. The van der Waals surface area contributed by atoms with Crippen LogP contribution < -0.4 is 14.8 Å². The van der Waals surface area contributed by atoms with Crippen molar-refractivity contribution < 1.29 is 14.3 Å². The quantitative estimate of drug-likeness (QED) is 0.727. The largest absolute Gasteiger partial charge is 0.490 e. The van der Waals surface area contributed by atoms with E-state index in [0.29, 0.717) is 18.8 Å². The standard InChI is InChI=1S/C23H24N2O3/c1-15(2)22(16-9-10-20-21(14-16)28-13-5-12-27-20)25-23(26)18-6-3-8-19-17(18)7-4-11-24-19/h3-4,6-11,14-15,22H,5,12-13H2,1-2H3,(H,25,26). The molecule has 0 radical (unpaired) electrons. The molecule has 2 heterocycles. The first-order valence-electron chi connectivity index (χ1n) is 9.67. The zero-order chi connectivity index (χ0) is 19.5. The summed E-state index contributed by atoms with van der Waals surface area (Å²) in [6.45, 7) is 5.49. The van der Waals surface area contributed by atoms with Crippen molar-refractivity contribution in [1.82, 2.24) is 10.3 Å². The number of hydrogen-bond acceptors (Lipinski definition) is 4. The zero-order valence-corrected chi connectivity index (χ0v) is 16.1. The van der Waals surface area contributed by atoms with Gasteiger partial charge in [0.05, 0.1) is 24.8 Å². The van der Waals surface area contributed by atoms with Crippen LogP contribution in [0.5, 0.6) is 11.5 Å². The summed E-state index contributed by atoms with van der Waals surface area (Å²) in [5.41, 5.74) is 2.45. The van der Waals surface area contributed by atoms with Gasteiger partial charge in [0, 0.05) is 23.6 Å². The lowest BCUT2D eigenvalue weighted by Gasteiger charge is -2.24. The average molecular weight is 376 g/mol. The van der Waals surface area contributed by atoms with Gasteiger partial charge in [-0.15, -0.1) is 0 Å². The van der Waals surface area contributed by atoms with Crippen LogP contribution in [0.15, 0.2) is 54.7 Å². The summed E-state index contributed by atoms with van der Waals surface area (Å²) < 4.78 is 11.5. The summed E-state index contributed by atoms with van der Waals surface area (Å²) in [7, 11) is 0. The number of carbonyl (C=O) groups is 1. The third kappa shape index (κ3) is 3.65. The van der Waals surface area contributed by atoms with E-state index in [2.05, 4.69) is 24.1 Å². The van der Waals surface area contributed by atoms with Gasteiger partial charge in [-0.2, -0.15) is 0 Å². The second-order valence-corrected chi connectivity index (χ2v) is 7.33. The number of fused-ring (bicyclic) bond motifs is 2. The number of hydrogen-bond donors (Lipinski definition) is 1. The second-order valence-electron chi connectivity index (χ2n) is 7.33. The molecule has 1 aliphatic heterocycles. The van der Waals surface area contributed by atoms with Crippen LogP contribution in [0.2, 0.25) is 0 Å². The number of rotatable bonds is 4. The van der Waals surface area contributed by atoms with Gasteiger partial charge in [-0.1, -0.05) is 32.0 Å². The number of benzene rings is 2. The number of aromatic nitrogens is 1. The first kappa shape index (κ1) is 18.3.